The van der Waals surface area contributed by atoms with Gasteiger partial charge in [0.15, 0.2) is 0 Å². The third-order valence-corrected chi connectivity index (χ3v) is 3.39. The highest BCUT2D eigenvalue weighted by atomic mass is 16.5. The first-order valence-corrected chi connectivity index (χ1v) is 8.25. The first kappa shape index (κ1) is 19.0. The largest absolute Gasteiger partial charge is 0.507 e. The van der Waals surface area contributed by atoms with E-state index in [-0.39, 0.29) is 5.75 Å². The summed E-state index contributed by atoms with van der Waals surface area (Å²) in [5.74, 6) is -1.04. The summed E-state index contributed by atoms with van der Waals surface area (Å²) >= 11 is 0. The summed E-state index contributed by atoms with van der Waals surface area (Å²) in [6, 6.07) is 13.2. The molecule has 26 heavy (non-hydrogen) atoms. The average molecular weight is 355 g/mol. The highest BCUT2D eigenvalue weighted by Gasteiger charge is 2.12. The number of para-hydroxylation sites is 1. The molecule has 0 bridgehead atoms. The predicted molar refractivity (Wildman–Crippen MR) is 99.3 cm³/mol. The Morgan fingerprint density at radius 2 is 1.85 bits per heavy atom. The van der Waals surface area contributed by atoms with Crippen LogP contribution in [0, 0.1) is 0 Å². The van der Waals surface area contributed by atoms with Crippen LogP contribution in [0.4, 0.5) is 5.69 Å². The number of phenolic OH excluding ortho intramolecular Hbond substituents is 1. The van der Waals surface area contributed by atoms with Crippen LogP contribution in [0.15, 0.2) is 53.6 Å². The maximum Gasteiger partial charge on any atom is 0.329 e. The Balaban J connectivity index is 1.83. The molecule has 2 aromatic rings. The van der Waals surface area contributed by atoms with Crippen molar-refractivity contribution in [2.75, 3.05) is 11.9 Å². The number of benzene rings is 2. The molecule has 0 fully saturated rings. The molecule has 0 saturated heterocycles. The van der Waals surface area contributed by atoms with Crippen molar-refractivity contribution < 1.29 is 19.4 Å². The van der Waals surface area contributed by atoms with Crippen molar-refractivity contribution >= 4 is 23.7 Å². The van der Waals surface area contributed by atoms with Crippen LogP contribution >= 0.6 is 0 Å². The van der Waals surface area contributed by atoms with E-state index in [4.69, 9.17) is 4.74 Å². The van der Waals surface area contributed by atoms with E-state index in [0.29, 0.717) is 23.6 Å². The molecule has 7 nitrogen and oxygen atoms in total. The smallest absolute Gasteiger partial charge is 0.329 e. The molecule has 0 aliphatic carbocycles. The maximum absolute atomic E-state index is 11.8. The van der Waals surface area contributed by atoms with E-state index in [0.717, 1.165) is 12.8 Å². The molecule has 0 aromatic heterocycles. The molecular formula is C19H21N3O4. The fourth-order valence-electron chi connectivity index (χ4n) is 1.96. The minimum atomic E-state index is -0.917. The Morgan fingerprint density at radius 3 is 2.54 bits per heavy atom. The normalized spacial score (nSPS) is 10.5. The zero-order chi connectivity index (χ0) is 18.8. The summed E-state index contributed by atoms with van der Waals surface area (Å²) < 4.78 is 5.53. The second kappa shape index (κ2) is 9.83. The maximum atomic E-state index is 11.8. The minimum Gasteiger partial charge on any atom is -0.507 e. The van der Waals surface area contributed by atoms with E-state index in [1.807, 2.05) is 0 Å². The molecule has 0 radical (unpaired) electrons. The first-order valence-electron chi connectivity index (χ1n) is 8.25. The molecule has 0 unspecified atom stereocenters. The van der Waals surface area contributed by atoms with Crippen molar-refractivity contribution in [2.45, 2.75) is 19.8 Å². The van der Waals surface area contributed by atoms with Crippen LogP contribution in [0.5, 0.6) is 11.5 Å². The van der Waals surface area contributed by atoms with Gasteiger partial charge in [0.1, 0.15) is 11.5 Å². The van der Waals surface area contributed by atoms with E-state index >= 15 is 0 Å². The molecule has 0 heterocycles. The number of phenols is 1. The fraction of sp³-hybridized carbons (Fsp3) is 0.211. The SMILES string of the molecule is CCCCOc1ccc(NC(=O)C(=O)N/N=C/c2ccccc2O)cc1. The van der Waals surface area contributed by atoms with Gasteiger partial charge in [0.25, 0.3) is 0 Å². The molecule has 0 spiro atoms. The lowest BCUT2D eigenvalue weighted by Crippen LogP contribution is -2.32. The van der Waals surface area contributed by atoms with Crippen LogP contribution in [0.3, 0.4) is 0 Å². The molecule has 0 saturated carbocycles. The Hall–Kier alpha value is -3.35. The summed E-state index contributed by atoms with van der Waals surface area (Å²) in [4.78, 5) is 23.6. The van der Waals surface area contributed by atoms with Crippen LogP contribution in [-0.4, -0.2) is 29.7 Å². The number of rotatable bonds is 7. The van der Waals surface area contributed by atoms with Gasteiger partial charge >= 0.3 is 11.8 Å². The molecule has 136 valence electrons. The van der Waals surface area contributed by atoms with Crippen LogP contribution < -0.4 is 15.5 Å². The van der Waals surface area contributed by atoms with Gasteiger partial charge in [-0.05, 0) is 42.8 Å². The number of unbranched alkanes of at least 4 members (excludes halogenated alkanes) is 1. The number of nitrogens with zero attached hydrogens (tertiary/aromatic N) is 1. The summed E-state index contributed by atoms with van der Waals surface area (Å²) in [6.45, 7) is 2.72. The van der Waals surface area contributed by atoms with Gasteiger partial charge < -0.3 is 15.2 Å². The fourth-order valence-corrected chi connectivity index (χ4v) is 1.96. The number of aromatic hydroxyl groups is 1. The van der Waals surface area contributed by atoms with Gasteiger partial charge in [0, 0.05) is 11.3 Å². The summed E-state index contributed by atoms with van der Waals surface area (Å²) in [7, 11) is 0. The average Bonchev–Trinajstić information content (AvgIpc) is 2.65. The Bertz CT molecular complexity index is 773. The molecule has 2 aromatic carbocycles. The van der Waals surface area contributed by atoms with Gasteiger partial charge in [-0.15, -0.1) is 0 Å². The molecule has 0 aliphatic rings. The Kier molecular flexibility index (Phi) is 7.17. The van der Waals surface area contributed by atoms with E-state index in [1.54, 1.807) is 42.5 Å². The first-order chi connectivity index (χ1) is 12.6. The van der Waals surface area contributed by atoms with Gasteiger partial charge in [-0.2, -0.15) is 5.10 Å². The van der Waals surface area contributed by atoms with Gasteiger partial charge in [-0.1, -0.05) is 25.5 Å². The number of hydrogen-bond acceptors (Lipinski definition) is 5. The summed E-state index contributed by atoms with van der Waals surface area (Å²) in [5, 5.41) is 15.7. The van der Waals surface area contributed by atoms with Crippen molar-refractivity contribution in [2.24, 2.45) is 5.10 Å². The van der Waals surface area contributed by atoms with Crippen molar-refractivity contribution in [3.8, 4) is 11.5 Å². The number of amides is 2. The number of carbonyl (C=O) groups is 2. The number of hydrogen-bond donors (Lipinski definition) is 3. The third-order valence-electron chi connectivity index (χ3n) is 3.39. The van der Waals surface area contributed by atoms with E-state index in [1.165, 1.54) is 12.3 Å². The lowest BCUT2D eigenvalue weighted by molar-refractivity contribution is -0.136. The topological polar surface area (TPSA) is 100 Å². The van der Waals surface area contributed by atoms with E-state index in [2.05, 4.69) is 22.8 Å². The van der Waals surface area contributed by atoms with E-state index in [9.17, 15) is 14.7 Å². The quantitative estimate of drug-likeness (QED) is 0.308. The Labute approximate surface area is 151 Å². The van der Waals surface area contributed by atoms with Gasteiger partial charge in [-0.3, -0.25) is 9.59 Å². The number of carbonyl (C=O) groups excluding carboxylic acids is 2. The number of anilines is 1. The second-order valence-electron chi connectivity index (χ2n) is 5.44. The van der Waals surface area contributed by atoms with Crippen LogP contribution in [0.25, 0.3) is 0 Å². The number of nitrogens with one attached hydrogen (secondary N) is 2. The predicted octanol–water partition coefficient (Wildman–Crippen LogP) is 2.66. The highest BCUT2D eigenvalue weighted by Crippen LogP contribution is 2.16. The highest BCUT2D eigenvalue weighted by molar-refractivity contribution is 6.39. The van der Waals surface area contributed by atoms with Crippen molar-refractivity contribution in [1.29, 1.82) is 0 Å². The van der Waals surface area contributed by atoms with Crippen molar-refractivity contribution in [3.63, 3.8) is 0 Å². The van der Waals surface area contributed by atoms with E-state index < -0.39 is 11.8 Å². The standard InChI is InChI=1S/C19H21N3O4/c1-2-3-12-26-16-10-8-15(9-11-16)21-18(24)19(25)22-20-13-14-6-4-5-7-17(14)23/h4-11,13,23H,2-3,12H2,1H3,(H,21,24)(H,22,25)/b20-13+. The summed E-state index contributed by atoms with van der Waals surface area (Å²) in [6.07, 6.45) is 3.28. The molecule has 0 aliphatic heterocycles. The van der Waals surface area contributed by atoms with Gasteiger partial charge in [0.2, 0.25) is 0 Å². The molecular weight excluding hydrogens is 334 g/mol. The van der Waals surface area contributed by atoms with Crippen molar-refractivity contribution in [1.82, 2.24) is 5.43 Å². The van der Waals surface area contributed by atoms with Crippen molar-refractivity contribution in [3.05, 3.63) is 54.1 Å². The van der Waals surface area contributed by atoms with Crippen LogP contribution in [-0.2, 0) is 9.59 Å². The minimum absolute atomic E-state index is 0.0243. The van der Waals surface area contributed by atoms with Crippen LogP contribution in [0.2, 0.25) is 0 Å². The van der Waals surface area contributed by atoms with Gasteiger partial charge in [-0.25, -0.2) is 5.43 Å². The molecule has 3 N–H and O–H groups in total. The lowest BCUT2D eigenvalue weighted by Gasteiger charge is -2.07. The second-order valence-corrected chi connectivity index (χ2v) is 5.44. The number of ether oxygens (including phenoxy) is 1. The molecule has 2 rings (SSSR count). The molecule has 0 atom stereocenters. The Morgan fingerprint density at radius 1 is 1.12 bits per heavy atom. The van der Waals surface area contributed by atoms with Crippen LogP contribution in [0.1, 0.15) is 25.3 Å². The third kappa shape index (κ3) is 5.94. The lowest BCUT2D eigenvalue weighted by atomic mass is 10.2. The molecule has 7 heteroatoms. The number of hydrazone groups is 1. The summed E-state index contributed by atoms with van der Waals surface area (Å²) in [5.41, 5.74) is 3.00. The van der Waals surface area contributed by atoms with Gasteiger partial charge in [0.05, 0.1) is 12.8 Å². The zero-order valence-corrected chi connectivity index (χ0v) is 14.4. The monoisotopic (exact) mass is 355 g/mol. The zero-order valence-electron chi connectivity index (χ0n) is 14.4. The molecule has 2 amide bonds.